The number of rotatable bonds is 3. The summed E-state index contributed by atoms with van der Waals surface area (Å²) in [6, 6.07) is 6.45. The Labute approximate surface area is 106 Å². The van der Waals surface area contributed by atoms with Gasteiger partial charge in [-0.1, -0.05) is 12.5 Å². The van der Waals surface area contributed by atoms with Crippen molar-refractivity contribution in [1.82, 2.24) is 9.97 Å². The summed E-state index contributed by atoms with van der Waals surface area (Å²) in [4.78, 5) is 8.10. The highest BCUT2D eigenvalue weighted by Crippen LogP contribution is 2.44. The molecule has 0 unspecified atom stereocenters. The zero-order valence-electron chi connectivity index (χ0n) is 10.4. The standard InChI is InChI=1S/C15H18N2O/c18-9-15(6-1-7-15)11-4-5-12-13(8-11)17-14(16-12)10-2-3-10/h4-5,8,10,18H,1-3,6-7,9H2,(H,16,17). The summed E-state index contributed by atoms with van der Waals surface area (Å²) in [5, 5.41) is 9.64. The summed E-state index contributed by atoms with van der Waals surface area (Å²) in [5.41, 5.74) is 3.50. The third-order valence-corrected chi connectivity index (χ3v) is 4.69. The molecule has 94 valence electrons. The average Bonchev–Trinajstić information content (AvgIpc) is 3.09. The zero-order chi connectivity index (χ0) is 12.2. The molecule has 0 bridgehead atoms. The lowest BCUT2D eigenvalue weighted by Gasteiger charge is -2.40. The Balaban J connectivity index is 1.78. The summed E-state index contributed by atoms with van der Waals surface area (Å²) in [5.74, 6) is 1.81. The molecule has 3 nitrogen and oxygen atoms in total. The SMILES string of the molecule is OCC1(c2ccc3nc(C4CC4)[nH]c3c2)CCC1. The highest BCUT2D eigenvalue weighted by atomic mass is 16.3. The van der Waals surface area contributed by atoms with Gasteiger partial charge in [-0.3, -0.25) is 0 Å². The number of hydrogen-bond donors (Lipinski definition) is 2. The van der Waals surface area contributed by atoms with Crippen molar-refractivity contribution >= 4 is 11.0 Å². The fourth-order valence-electron chi connectivity index (χ4n) is 3.05. The molecule has 0 aliphatic heterocycles. The minimum Gasteiger partial charge on any atom is -0.395 e. The molecule has 1 aromatic carbocycles. The van der Waals surface area contributed by atoms with Crippen molar-refractivity contribution < 1.29 is 5.11 Å². The van der Waals surface area contributed by atoms with E-state index in [1.165, 1.54) is 24.8 Å². The molecular weight excluding hydrogens is 224 g/mol. The van der Waals surface area contributed by atoms with Crippen LogP contribution in [0.4, 0.5) is 0 Å². The largest absolute Gasteiger partial charge is 0.395 e. The molecule has 3 heteroatoms. The number of aromatic amines is 1. The maximum absolute atomic E-state index is 9.64. The molecule has 2 aliphatic rings. The van der Waals surface area contributed by atoms with E-state index in [4.69, 9.17) is 0 Å². The van der Waals surface area contributed by atoms with Crippen LogP contribution in [0.15, 0.2) is 18.2 Å². The van der Waals surface area contributed by atoms with Gasteiger partial charge >= 0.3 is 0 Å². The maximum Gasteiger partial charge on any atom is 0.110 e. The molecule has 2 fully saturated rings. The van der Waals surface area contributed by atoms with Crippen molar-refractivity contribution in [3.63, 3.8) is 0 Å². The van der Waals surface area contributed by atoms with Gasteiger partial charge in [-0.05, 0) is 43.4 Å². The molecule has 2 N–H and O–H groups in total. The molecular formula is C15H18N2O. The van der Waals surface area contributed by atoms with Gasteiger partial charge < -0.3 is 10.1 Å². The van der Waals surface area contributed by atoms with Gasteiger partial charge in [-0.2, -0.15) is 0 Å². The predicted molar refractivity (Wildman–Crippen MR) is 70.7 cm³/mol. The van der Waals surface area contributed by atoms with Gasteiger partial charge in [-0.25, -0.2) is 4.98 Å². The Kier molecular flexibility index (Phi) is 2.10. The number of aliphatic hydroxyl groups is 1. The van der Waals surface area contributed by atoms with Gasteiger partial charge in [0.1, 0.15) is 5.82 Å². The summed E-state index contributed by atoms with van der Waals surface area (Å²) in [6.07, 6.45) is 5.99. The van der Waals surface area contributed by atoms with Crippen LogP contribution < -0.4 is 0 Å². The Hall–Kier alpha value is -1.35. The van der Waals surface area contributed by atoms with Crippen molar-refractivity contribution in [2.45, 2.75) is 43.4 Å². The normalized spacial score (nSPS) is 22.1. The van der Waals surface area contributed by atoms with Crippen LogP contribution in [0.25, 0.3) is 11.0 Å². The molecule has 0 amide bonds. The lowest BCUT2D eigenvalue weighted by Crippen LogP contribution is -2.37. The quantitative estimate of drug-likeness (QED) is 0.869. The van der Waals surface area contributed by atoms with Crippen molar-refractivity contribution in [3.05, 3.63) is 29.6 Å². The molecule has 0 radical (unpaired) electrons. The first-order valence-electron chi connectivity index (χ1n) is 6.92. The van der Waals surface area contributed by atoms with Gasteiger partial charge in [0.25, 0.3) is 0 Å². The van der Waals surface area contributed by atoms with Crippen molar-refractivity contribution in [3.8, 4) is 0 Å². The van der Waals surface area contributed by atoms with E-state index in [-0.39, 0.29) is 12.0 Å². The molecule has 2 saturated carbocycles. The highest BCUT2D eigenvalue weighted by molar-refractivity contribution is 5.76. The molecule has 0 atom stereocenters. The fraction of sp³-hybridized carbons (Fsp3) is 0.533. The second-order valence-electron chi connectivity index (χ2n) is 5.92. The minimum atomic E-state index is 0.0268. The molecule has 0 saturated heterocycles. The Morgan fingerprint density at radius 3 is 2.78 bits per heavy atom. The van der Waals surface area contributed by atoms with Crippen LogP contribution in [0.3, 0.4) is 0 Å². The Morgan fingerprint density at radius 2 is 2.17 bits per heavy atom. The second-order valence-corrected chi connectivity index (χ2v) is 5.92. The molecule has 1 heterocycles. The summed E-state index contributed by atoms with van der Waals surface area (Å²) >= 11 is 0. The van der Waals surface area contributed by atoms with E-state index in [1.54, 1.807) is 0 Å². The number of aliphatic hydroxyl groups excluding tert-OH is 1. The third-order valence-electron chi connectivity index (χ3n) is 4.69. The lowest BCUT2D eigenvalue weighted by atomic mass is 9.65. The molecule has 0 spiro atoms. The van der Waals surface area contributed by atoms with E-state index in [9.17, 15) is 5.11 Å². The Bertz CT molecular complexity index is 588. The van der Waals surface area contributed by atoms with Crippen molar-refractivity contribution in [1.29, 1.82) is 0 Å². The van der Waals surface area contributed by atoms with E-state index in [2.05, 4.69) is 28.2 Å². The van der Waals surface area contributed by atoms with E-state index in [0.717, 1.165) is 29.7 Å². The fourth-order valence-corrected chi connectivity index (χ4v) is 3.05. The minimum absolute atomic E-state index is 0.0268. The average molecular weight is 242 g/mol. The first-order valence-corrected chi connectivity index (χ1v) is 6.92. The first kappa shape index (κ1) is 10.6. The lowest BCUT2D eigenvalue weighted by molar-refractivity contribution is 0.120. The number of benzene rings is 1. The van der Waals surface area contributed by atoms with Crippen LogP contribution in [0, 0.1) is 0 Å². The topological polar surface area (TPSA) is 48.9 Å². The van der Waals surface area contributed by atoms with Gasteiger partial charge in [0.15, 0.2) is 0 Å². The number of fused-ring (bicyclic) bond motifs is 1. The van der Waals surface area contributed by atoms with Gasteiger partial charge in [-0.15, -0.1) is 0 Å². The van der Waals surface area contributed by atoms with E-state index in [1.807, 2.05) is 0 Å². The number of imidazole rings is 1. The maximum atomic E-state index is 9.64. The van der Waals surface area contributed by atoms with E-state index < -0.39 is 0 Å². The number of aromatic nitrogens is 2. The smallest absolute Gasteiger partial charge is 0.110 e. The summed E-state index contributed by atoms with van der Waals surface area (Å²) in [6.45, 7) is 0.266. The van der Waals surface area contributed by atoms with Crippen LogP contribution in [0.5, 0.6) is 0 Å². The molecule has 18 heavy (non-hydrogen) atoms. The van der Waals surface area contributed by atoms with E-state index >= 15 is 0 Å². The summed E-state index contributed by atoms with van der Waals surface area (Å²) < 4.78 is 0. The monoisotopic (exact) mass is 242 g/mol. The van der Waals surface area contributed by atoms with E-state index in [0.29, 0.717) is 5.92 Å². The van der Waals surface area contributed by atoms with Crippen LogP contribution in [0.1, 0.15) is 49.4 Å². The molecule has 2 aromatic rings. The third kappa shape index (κ3) is 1.43. The van der Waals surface area contributed by atoms with Crippen molar-refractivity contribution in [2.24, 2.45) is 0 Å². The van der Waals surface area contributed by atoms with Crippen LogP contribution in [-0.4, -0.2) is 21.7 Å². The van der Waals surface area contributed by atoms with Gasteiger partial charge in [0.2, 0.25) is 0 Å². The predicted octanol–water partition coefficient (Wildman–Crippen LogP) is 2.85. The zero-order valence-corrected chi connectivity index (χ0v) is 10.4. The highest BCUT2D eigenvalue weighted by Gasteiger charge is 2.38. The van der Waals surface area contributed by atoms with Gasteiger partial charge in [0, 0.05) is 11.3 Å². The number of H-pyrrole nitrogens is 1. The van der Waals surface area contributed by atoms with Gasteiger partial charge in [0.05, 0.1) is 17.6 Å². The summed E-state index contributed by atoms with van der Waals surface area (Å²) in [7, 11) is 0. The number of hydrogen-bond acceptors (Lipinski definition) is 2. The second kappa shape index (κ2) is 3.58. The number of nitrogens with one attached hydrogen (secondary N) is 1. The Morgan fingerprint density at radius 1 is 1.33 bits per heavy atom. The molecule has 1 aromatic heterocycles. The first-order chi connectivity index (χ1) is 8.81. The van der Waals surface area contributed by atoms with Crippen LogP contribution >= 0.6 is 0 Å². The van der Waals surface area contributed by atoms with Crippen LogP contribution in [-0.2, 0) is 5.41 Å². The molecule has 4 rings (SSSR count). The van der Waals surface area contributed by atoms with Crippen molar-refractivity contribution in [2.75, 3.05) is 6.61 Å². The molecule has 2 aliphatic carbocycles. The van der Waals surface area contributed by atoms with Crippen LogP contribution in [0.2, 0.25) is 0 Å². The number of nitrogens with zero attached hydrogens (tertiary/aromatic N) is 1.